The number of likely N-dealkylation sites (tertiary alicyclic amines) is 1. The fraction of sp³-hybridized carbons (Fsp3) is 1.00. The van der Waals surface area contributed by atoms with Crippen molar-refractivity contribution in [3.8, 4) is 0 Å². The van der Waals surface area contributed by atoms with Crippen molar-refractivity contribution < 1.29 is 14.9 Å². The highest BCUT2D eigenvalue weighted by molar-refractivity contribution is 4.82. The first-order valence-electron chi connectivity index (χ1n) is 5.27. The largest absolute Gasteiger partial charge is 0.394 e. The molecular formula is C10H21NO3. The van der Waals surface area contributed by atoms with Gasteiger partial charge < -0.3 is 14.9 Å². The SMILES string of the molecule is CC1(O)CCCN(CCOCCO)C1. The molecule has 0 aromatic rings. The Balaban J connectivity index is 2.12. The average molecular weight is 203 g/mol. The molecule has 4 nitrogen and oxygen atoms in total. The van der Waals surface area contributed by atoms with Crippen LogP contribution in [0.5, 0.6) is 0 Å². The van der Waals surface area contributed by atoms with Crippen LogP contribution in [-0.2, 0) is 4.74 Å². The van der Waals surface area contributed by atoms with Gasteiger partial charge in [0.1, 0.15) is 0 Å². The molecule has 1 rings (SSSR count). The number of hydrogen-bond acceptors (Lipinski definition) is 4. The second-order valence-electron chi connectivity index (χ2n) is 4.21. The van der Waals surface area contributed by atoms with Gasteiger partial charge in [-0.25, -0.2) is 0 Å². The van der Waals surface area contributed by atoms with Gasteiger partial charge in [0, 0.05) is 13.1 Å². The van der Waals surface area contributed by atoms with Crippen molar-refractivity contribution >= 4 is 0 Å². The van der Waals surface area contributed by atoms with E-state index in [2.05, 4.69) is 4.90 Å². The van der Waals surface area contributed by atoms with E-state index in [1.807, 2.05) is 6.92 Å². The van der Waals surface area contributed by atoms with E-state index in [-0.39, 0.29) is 6.61 Å². The summed E-state index contributed by atoms with van der Waals surface area (Å²) in [6, 6.07) is 0. The quantitative estimate of drug-likeness (QED) is 0.610. The van der Waals surface area contributed by atoms with Crippen molar-refractivity contribution in [3.63, 3.8) is 0 Å². The summed E-state index contributed by atoms with van der Waals surface area (Å²) >= 11 is 0. The van der Waals surface area contributed by atoms with E-state index in [0.29, 0.717) is 13.2 Å². The van der Waals surface area contributed by atoms with Gasteiger partial charge in [-0.15, -0.1) is 0 Å². The van der Waals surface area contributed by atoms with E-state index in [1.54, 1.807) is 0 Å². The maximum Gasteiger partial charge on any atom is 0.0746 e. The lowest BCUT2D eigenvalue weighted by atomic mass is 9.95. The summed E-state index contributed by atoms with van der Waals surface area (Å²) in [4.78, 5) is 2.21. The van der Waals surface area contributed by atoms with E-state index in [9.17, 15) is 5.11 Å². The summed E-state index contributed by atoms with van der Waals surface area (Å²) in [7, 11) is 0. The van der Waals surface area contributed by atoms with Gasteiger partial charge in [-0.2, -0.15) is 0 Å². The highest BCUT2D eigenvalue weighted by Gasteiger charge is 2.27. The smallest absolute Gasteiger partial charge is 0.0746 e. The molecule has 0 aliphatic carbocycles. The van der Waals surface area contributed by atoms with Crippen molar-refractivity contribution in [1.29, 1.82) is 0 Å². The zero-order valence-corrected chi connectivity index (χ0v) is 8.91. The molecular weight excluding hydrogens is 182 g/mol. The number of ether oxygens (including phenoxy) is 1. The highest BCUT2D eigenvalue weighted by Crippen LogP contribution is 2.19. The summed E-state index contributed by atoms with van der Waals surface area (Å²) in [5.41, 5.74) is -0.533. The first-order chi connectivity index (χ1) is 6.64. The molecule has 1 fully saturated rings. The van der Waals surface area contributed by atoms with Gasteiger partial charge in [-0.3, -0.25) is 4.90 Å². The molecule has 2 N–H and O–H groups in total. The Hall–Kier alpha value is -0.160. The average Bonchev–Trinajstić information content (AvgIpc) is 2.11. The van der Waals surface area contributed by atoms with Crippen LogP contribution in [0.1, 0.15) is 19.8 Å². The first kappa shape index (κ1) is 11.9. The summed E-state index contributed by atoms with van der Waals surface area (Å²) in [6.07, 6.45) is 1.94. The minimum Gasteiger partial charge on any atom is -0.394 e. The van der Waals surface area contributed by atoms with Crippen LogP contribution in [0.15, 0.2) is 0 Å². The molecule has 14 heavy (non-hydrogen) atoms. The third-order valence-corrected chi connectivity index (χ3v) is 2.54. The van der Waals surface area contributed by atoms with Crippen LogP contribution < -0.4 is 0 Å². The minimum atomic E-state index is -0.533. The molecule has 0 aromatic heterocycles. The fourth-order valence-corrected chi connectivity index (χ4v) is 1.87. The van der Waals surface area contributed by atoms with Gasteiger partial charge in [-0.05, 0) is 26.3 Å². The van der Waals surface area contributed by atoms with Crippen molar-refractivity contribution in [2.24, 2.45) is 0 Å². The monoisotopic (exact) mass is 203 g/mol. The molecule has 0 radical (unpaired) electrons. The van der Waals surface area contributed by atoms with Gasteiger partial charge in [0.05, 0.1) is 25.4 Å². The Morgan fingerprint density at radius 1 is 1.43 bits per heavy atom. The second-order valence-corrected chi connectivity index (χ2v) is 4.21. The van der Waals surface area contributed by atoms with E-state index in [0.717, 1.165) is 32.5 Å². The summed E-state index contributed by atoms with van der Waals surface area (Å²) in [5, 5.41) is 18.3. The molecule has 1 aliphatic heterocycles. The fourth-order valence-electron chi connectivity index (χ4n) is 1.87. The van der Waals surface area contributed by atoms with Gasteiger partial charge in [0.25, 0.3) is 0 Å². The summed E-state index contributed by atoms with van der Waals surface area (Å²) in [5.74, 6) is 0. The van der Waals surface area contributed by atoms with Crippen LogP contribution in [0.3, 0.4) is 0 Å². The maximum absolute atomic E-state index is 9.83. The molecule has 84 valence electrons. The van der Waals surface area contributed by atoms with E-state index >= 15 is 0 Å². The van der Waals surface area contributed by atoms with Gasteiger partial charge in [0.15, 0.2) is 0 Å². The van der Waals surface area contributed by atoms with E-state index in [4.69, 9.17) is 9.84 Å². The van der Waals surface area contributed by atoms with Crippen LogP contribution in [-0.4, -0.2) is 60.2 Å². The van der Waals surface area contributed by atoms with Crippen LogP contribution in [0, 0.1) is 0 Å². The normalized spacial score (nSPS) is 29.4. The van der Waals surface area contributed by atoms with E-state index in [1.165, 1.54) is 0 Å². The lowest BCUT2D eigenvalue weighted by molar-refractivity contribution is -0.0250. The molecule has 0 bridgehead atoms. The number of nitrogens with zero attached hydrogens (tertiary/aromatic N) is 1. The zero-order chi connectivity index (χ0) is 10.4. The van der Waals surface area contributed by atoms with Crippen LogP contribution in [0.25, 0.3) is 0 Å². The molecule has 1 atom stereocenters. The van der Waals surface area contributed by atoms with Gasteiger partial charge in [-0.1, -0.05) is 0 Å². The van der Waals surface area contributed by atoms with Crippen molar-refractivity contribution in [1.82, 2.24) is 4.90 Å². The molecule has 0 aromatic carbocycles. The summed E-state index contributed by atoms with van der Waals surface area (Å²) < 4.78 is 5.18. The highest BCUT2D eigenvalue weighted by atomic mass is 16.5. The van der Waals surface area contributed by atoms with Crippen molar-refractivity contribution in [2.45, 2.75) is 25.4 Å². The number of β-amino-alcohol motifs (C(OH)–C–C–N with tert-alkyl or cyclic N) is 1. The van der Waals surface area contributed by atoms with Crippen molar-refractivity contribution in [2.75, 3.05) is 39.5 Å². The number of piperidine rings is 1. The number of rotatable bonds is 5. The predicted molar refractivity (Wildman–Crippen MR) is 54.2 cm³/mol. The Morgan fingerprint density at radius 2 is 2.21 bits per heavy atom. The van der Waals surface area contributed by atoms with Gasteiger partial charge >= 0.3 is 0 Å². The number of aliphatic hydroxyl groups excluding tert-OH is 1. The van der Waals surface area contributed by atoms with E-state index < -0.39 is 5.60 Å². The molecule has 4 heteroatoms. The lowest BCUT2D eigenvalue weighted by Crippen LogP contribution is -2.47. The Bertz CT molecular complexity index is 161. The topological polar surface area (TPSA) is 52.9 Å². The predicted octanol–water partition coefficient (Wildman–Crippen LogP) is -0.158. The molecule has 1 aliphatic rings. The maximum atomic E-state index is 9.83. The molecule has 1 unspecified atom stereocenters. The Labute approximate surface area is 85.5 Å². The molecule has 0 saturated carbocycles. The van der Waals surface area contributed by atoms with Crippen LogP contribution >= 0.6 is 0 Å². The van der Waals surface area contributed by atoms with Crippen molar-refractivity contribution in [3.05, 3.63) is 0 Å². The molecule has 1 saturated heterocycles. The third-order valence-electron chi connectivity index (χ3n) is 2.54. The first-order valence-corrected chi connectivity index (χ1v) is 5.27. The van der Waals surface area contributed by atoms with Gasteiger partial charge in [0.2, 0.25) is 0 Å². The molecule has 0 amide bonds. The number of aliphatic hydroxyl groups is 2. The van der Waals surface area contributed by atoms with Crippen LogP contribution in [0.2, 0.25) is 0 Å². The molecule has 1 heterocycles. The lowest BCUT2D eigenvalue weighted by Gasteiger charge is -2.36. The second kappa shape index (κ2) is 5.66. The summed E-state index contributed by atoms with van der Waals surface area (Å²) in [6.45, 7) is 5.62. The van der Waals surface area contributed by atoms with Crippen LogP contribution in [0.4, 0.5) is 0 Å². The molecule has 0 spiro atoms. The zero-order valence-electron chi connectivity index (χ0n) is 8.91. The minimum absolute atomic E-state index is 0.0811. The standard InChI is InChI=1S/C10H21NO3/c1-10(13)3-2-4-11(9-10)5-7-14-8-6-12/h12-13H,2-9H2,1H3. The number of hydrogen-bond donors (Lipinski definition) is 2. The Kier molecular flexibility index (Phi) is 4.81. The Morgan fingerprint density at radius 3 is 2.86 bits per heavy atom. The third kappa shape index (κ3) is 4.37.